The lowest BCUT2D eigenvalue weighted by molar-refractivity contribution is -0.269. The molecular formula is C24H31NO8S. The highest BCUT2D eigenvalue weighted by Gasteiger charge is 2.49. The predicted octanol–water partition coefficient (Wildman–Crippen LogP) is 2.01. The average molecular weight is 494 g/mol. The Bertz CT molecular complexity index is 1000. The molecule has 0 radical (unpaired) electrons. The van der Waals surface area contributed by atoms with Gasteiger partial charge in [-0.2, -0.15) is 8.42 Å². The van der Waals surface area contributed by atoms with Crippen LogP contribution in [0.3, 0.4) is 0 Å². The summed E-state index contributed by atoms with van der Waals surface area (Å²) in [4.78, 5) is 11.9. The van der Waals surface area contributed by atoms with Gasteiger partial charge in [-0.3, -0.25) is 8.98 Å². The van der Waals surface area contributed by atoms with E-state index in [9.17, 15) is 13.2 Å². The predicted molar refractivity (Wildman–Crippen MR) is 124 cm³/mol. The number of nitrogens with one attached hydrogen (secondary N) is 1. The number of ether oxygens (including phenoxy) is 4. The standard InChI is InChI=1S/C24H31NO8S/c1-17(26)25-21-23(31-15-19-12-8-5-9-13-19)22(33-34(3,27)28)20(32-24(21)29-2)16-30-14-18-10-6-4-7-11-18/h4-13,20-24H,14-16H2,1-3H3,(H,25,26)/t20-,21-,22+,23-,24-/m1/s1. The number of methoxy groups -OCH3 is 1. The molecule has 10 heteroatoms. The number of benzene rings is 2. The molecule has 1 aliphatic rings. The van der Waals surface area contributed by atoms with Gasteiger partial charge in [0, 0.05) is 14.0 Å². The Balaban J connectivity index is 1.84. The van der Waals surface area contributed by atoms with Crippen LogP contribution in [0, 0.1) is 0 Å². The van der Waals surface area contributed by atoms with Crippen LogP contribution in [0.5, 0.6) is 0 Å². The van der Waals surface area contributed by atoms with E-state index in [1.54, 1.807) is 0 Å². The maximum absolute atomic E-state index is 12.1. The summed E-state index contributed by atoms with van der Waals surface area (Å²) in [6, 6.07) is 18.1. The molecule has 2 aromatic carbocycles. The van der Waals surface area contributed by atoms with Crippen LogP contribution in [0.4, 0.5) is 0 Å². The van der Waals surface area contributed by atoms with Crippen molar-refractivity contribution in [2.75, 3.05) is 20.0 Å². The Morgan fingerprint density at radius 1 is 0.971 bits per heavy atom. The van der Waals surface area contributed by atoms with Gasteiger partial charge in [0.25, 0.3) is 10.1 Å². The average Bonchev–Trinajstić information content (AvgIpc) is 2.80. The van der Waals surface area contributed by atoms with Crippen LogP contribution in [0.2, 0.25) is 0 Å². The summed E-state index contributed by atoms with van der Waals surface area (Å²) in [5, 5.41) is 2.76. The molecule has 2 aromatic rings. The summed E-state index contributed by atoms with van der Waals surface area (Å²) in [7, 11) is -2.46. The summed E-state index contributed by atoms with van der Waals surface area (Å²) in [5.41, 5.74) is 1.83. The fourth-order valence-corrected chi connectivity index (χ4v) is 4.41. The van der Waals surface area contributed by atoms with E-state index in [0.717, 1.165) is 17.4 Å². The van der Waals surface area contributed by atoms with Crippen molar-refractivity contribution < 1.29 is 36.3 Å². The lowest BCUT2D eigenvalue weighted by Crippen LogP contribution is -2.66. The minimum Gasteiger partial charge on any atom is -0.374 e. The normalized spacial score (nSPS) is 25.1. The molecule has 5 atom stereocenters. The van der Waals surface area contributed by atoms with E-state index >= 15 is 0 Å². The van der Waals surface area contributed by atoms with Crippen LogP contribution < -0.4 is 5.32 Å². The zero-order valence-corrected chi connectivity index (χ0v) is 20.3. The van der Waals surface area contributed by atoms with Crippen LogP contribution >= 0.6 is 0 Å². The highest BCUT2D eigenvalue weighted by molar-refractivity contribution is 7.86. The molecule has 1 heterocycles. The molecular weight excluding hydrogens is 462 g/mol. The molecule has 0 spiro atoms. The monoisotopic (exact) mass is 493 g/mol. The molecule has 0 unspecified atom stereocenters. The van der Waals surface area contributed by atoms with Crippen LogP contribution in [0.15, 0.2) is 60.7 Å². The van der Waals surface area contributed by atoms with Gasteiger partial charge in [0.1, 0.15) is 24.4 Å². The van der Waals surface area contributed by atoms with Crippen molar-refractivity contribution in [3.63, 3.8) is 0 Å². The second-order valence-electron chi connectivity index (χ2n) is 8.03. The Morgan fingerprint density at radius 3 is 2.09 bits per heavy atom. The van der Waals surface area contributed by atoms with Gasteiger partial charge in [-0.25, -0.2) is 0 Å². The number of carbonyl (C=O) groups excluding carboxylic acids is 1. The van der Waals surface area contributed by atoms with E-state index in [1.165, 1.54) is 14.0 Å². The summed E-state index contributed by atoms with van der Waals surface area (Å²) in [6.07, 6.45) is -2.77. The van der Waals surface area contributed by atoms with Gasteiger partial charge < -0.3 is 24.3 Å². The molecule has 9 nitrogen and oxygen atoms in total. The van der Waals surface area contributed by atoms with E-state index in [0.29, 0.717) is 6.61 Å². The van der Waals surface area contributed by atoms with E-state index in [2.05, 4.69) is 5.32 Å². The molecule has 1 N–H and O–H groups in total. The summed E-state index contributed by atoms with van der Waals surface area (Å²) < 4.78 is 53.2. The molecule has 0 bridgehead atoms. The SMILES string of the molecule is CO[C@@H]1O[C@H](COCc2ccccc2)[C@H](OS(C)(=O)=O)[C@H](OCc2ccccc2)[C@H]1NC(C)=O. The van der Waals surface area contributed by atoms with Crippen LogP contribution in [0.25, 0.3) is 0 Å². The summed E-state index contributed by atoms with van der Waals surface area (Å²) in [5.74, 6) is -0.346. The minimum atomic E-state index is -3.89. The molecule has 1 amide bonds. The largest absolute Gasteiger partial charge is 0.374 e. The van der Waals surface area contributed by atoms with Crippen molar-refractivity contribution in [3.8, 4) is 0 Å². The fourth-order valence-electron chi connectivity index (χ4n) is 3.78. The minimum absolute atomic E-state index is 0.0208. The molecule has 0 aliphatic carbocycles. The Hall–Kier alpha value is -2.34. The number of carbonyl (C=O) groups is 1. The van der Waals surface area contributed by atoms with E-state index < -0.39 is 40.8 Å². The first-order valence-corrected chi connectivity index (χ1v) is 12.7. The maximum Gasteiger partial charge on any atom is 0.264 e. The van der Waals surface area contributed by atoms with Crippen molar-refractivity contribution in [1.29, 1.82) is 0 Å². The highest BCUT2D eigenvalue weighted by atomic mass is 32.2. The van der Waals surface area contributed by atoms with E-state index in [1.807, 2.05) is 60.7 Å². The second kappa shape index (κ2) is 12.4. The molecule has 0 saturated carbocycles. The van der Waals surface area contributed by atoms with Gasteiger partial charge in [-0.15, -0.1) is 0 Å². The second-order valence-corrected chi connectivity index (χ2v) is 9.63. The number of amides is 1. The van der Waals surface area contributed by atoms with Gasteiger partial charge in [0.2, 0.25) is 5.91 Å². The molecule has 1 fully saturated rings. The van der Waals surface area contributed by atoms with E-state index in [-0.39, 0.29) is 19.1 Å². The Kier molecular flexibility index (Phi) is 9.57. The maximum atomic E-state index is 12.1. The molecule has 3 rings (SSSR count). The highest BCUT2D eigenvalue weighted by Crippen LogP contribution is 2.29. The van der Waals surface area contributed by atoms with Crippen molar-refractivity contribution in [2.24, 2.45) is 0 Å². The smallest absolute Gasteiger partial charge is 0.264 e. The van der Waals surface area contributed by atoms with Crippen molar-refractivity contribution >= 4 is 16.0 Å². The van der Waals surface area contributed by atoms with Crippen molar-refractivity contribution in [2.45, 2.75) is 50.8 Å². The van der Waals surface area contributed by atoms with Crippen LogP contribution in [-0.4, -0.2) is 64.9 Å². The van der Waals surface area contributed by atoms with Gasteiger partial charge in [0.15, 0.2) is 6.29 Å². The van der Waals surface area contributed by atoms with E-state index in [4.69, 9.17) is 23.1 Å². The molecule has 186 valence electrons. The zero-order valence-electron chi connectivity index (χ0n) is 19.5. The first-order chi connectivity index (χ1) is 16.3. The molecule has 0 aromatic heterocycles. The van der Waals surface area contributed by atoms with Crippen LogP contribution in [-0.2, 0) is 51.3 Å². The first-order valence-electron chi connectivity index (χ1n) is 10.9. The Labute approximate surface area is 200 Å². The quantitative estimate of drug-likeness (QED) is 0.474. The van der Waals surface area contributed by atoms with Gasteiger partial charge in [-0.05, 0) is 11.1 Å². The van der Waals surface area contributed by atoms with Crippen LogP contribution in [0.1, 0.15) is 18.1 Å². The van der Waals surface area contributed by atoms with Gasteiger partial charge in [0.05, 0.1) is 26.1 Å². The molecule has 1 saturated heterocycles. The summed E-state index contributed by atoms with van der Waals surface area (Å²) >= 11 is 0. The summed E-state index contributed by atoms with van der Waals surface area (Å²) in [6.45, 7) is 1.84. The number of hydrogen-bond donors (Lipinski definition) is 1. The molecule has 1 aliphatic heterocycles. The van der Waals surface area contributed by atoms with Gasteiger partial charge >= 0.3 is 0 Å². The van der Waals surface area contributed by atoms with Crippen molar-refractivity contribution in [3.05, 3.63) is 71.8 Å². The Morgan fingerprint density at radius 2 is 1.56 bits per heavy atom. The zero-order chi connectivity index (χ0) is 24.6. The number of rotatable bonds is 11. The lowest BCUT2D eigenvalue weighted by Gasteiger charge is -2.45. The third-order valence-corrected chi connectivity index (χ3v) is 5.79. The van der Waals surface area contributed by atoms with Crippen molar-refractivity contribution in [1.82, 2.24) is 5.32 Å². The number of hydrogen-bond acceptors (Lipinski definition) is 8. The first kappa shape index (κ1) is 26.3. The molecule has 34 heavy (non-hydrogen) atoms. The third-order valence-electron chi connectivity index (χ3n) is 5.21. The lowest BCUT2D eigenvalue weighted by atomic mass is 9.96. The van der Waals surface area contributed by atoms with Gasteiger partial charge in [-0.1, -0.05) is 60.7 Å². The fraction of sp³-hybridized carbons (Fsp3) is 0.458. The topological polar surface area (TPSA) is 109 Å². The third kappa shape index (κ3) is 7.86.